The molecule has 0 bridgehead atoms. The van der Waals surface area contributed by atoms with Crippen LogP contribution in [0.1, 0.15) is 18.5 Å². The molecule has 2 heterocycles. The van der Waals surface area contributed by atoms with Crippen LogP contribution in [-0.2, 0) is 14.8 Å². The fraction of sp³-hybridized carbons (Fsp3) is 0.538. The van der Waals surface area contributed by atoms with Gasteiger partial charge in [0.25, 0.3) is 0 Å². The van der Waals surface area contributed by atoms with Crippen LogP contribution in [0, 0.1) is 12.8 Å². The average Bonchev–Trinajstić information content (AvgIpc) is 2.38. The Labute approximate surface area is 119 Å². The molecule has 1 fully saturated rings. The number of amides is 1. The molecule has 1 atom stereocenters. The van der Waals surface area contributed by atoms with Gasteiger partial charge in [-0.25, -0.2) is 17.7 Å². The van der Waals surface area contributed by atoms with Gasteiger partial charge >= 0.3 is 0 Å². The summed E-state index contributed by atoms with van der Waals surface area (Å²) in [7, 11) is -3.23. The van der Waals surface area contributed by atoms with Crippen molar-refractivity contribution in [2.75, 3.05) is 24.7 Å². The van der Waals surface area contributed by atoms with E-state index in [4.69, 9.17) is 0 Å². The number of hydrogen-bond donors (Lipinski definition) is 1. The minimum atomic E-state index is -3.23. The van der Waals surface area contributed by atoms with Gasteiger partial charge in [-0.3, -0.25) is 4.79 Å². The van der Waals surface area contributed by atoms with Crippen molar-refractivity contribution in [3.8, 4) is 0 Å². The molecule has 0 saturated carbocycles. The van der Waals surface area contributed by atoms with Crippen LogP contribution in [0.2, 0.25) is 0 Å². The Kier molecular flexibility index (Phi) is 4.39. The lowest BCUT2D eigenvalue weighted by Crippen LogP contribution is -2.43. The molecular formula is C13H19N3O3S. The van der Waals surface area contributed by atoms with Crippen LogP contribution in [0.25, 0.3) is 0 Å². The number of pyridine rings is 1. The molecule has 1 N–H and O–H groups in total. The second-order valence-electron chi connectivity index (χ2n) is 5.11. The number of nitrogens with zero attached hydrogens (tertiary/aromatic N) is 2. The quantitative estimate of drug-likeness (QED) is 0.902. The molecule has 0 aromatic carbocycles. The minimum Gasteiger partial charge on any atom is -0.310 e. The highest BCUT2D eigenvalue weighted by Crippen LogP contribution is 2.20. The normalized spacial score (nSPS) is 20.6. The molecular weight excluding hydrogens is 278 g/mol. The van der Waals surface area contributed by atoms with E-state index in [1.54, 1.807) is 6.07 Å². The largest absolute Gasteiger partial charge is 0.310 e. The van der Waals surface area contributed by atoms with Crippen molar-refractivity contribution in [1.82, 2.24) is 9.29 Å². The van der Waals surface area contributed by atoms with E-state index in [2.05, 4.69) is 10.3 Å². The number of piperidine rings is 1. The molecule has 6 nitrogen and oxygen atoms in total. The molecule has 1 amide bonds. The van der Waals surface area contributed by atoms with E-state index in [1.165, 1.54) is 10.6 Å². The van der Waals surface area contributed by atoms with Crippen molar-refractivity contribution < 1.29 is 13.2 Å². The zero-order chi connectivity index (χ0) is 14.8. The molecule has 0 unspecified atom stereocenters. The number of anilines is 1. The molecule has 2 rings (SSSR count). The monoisotopic (exact) mass is 297 g/mol. The standard InChI is InChI=1S/C13H19N3O3S/c1-10-5-3-7-12(14-10)15-13(17)11-6-4-8-16(9-11)20(2,18)19/h3,5,7,11H,4,6,8-9H2,1-2H3,(H,14,15,17)/t11-/m1/s1. The summed E-state index contributed by atoms with van der Waals surface area (Å²) in [6.45, 7) is 2.59. The third-order valence-corrected chi connectivity index (χ3v) is 4.63. The molecule has 1 aromatic rings. The van der Waals surface area contributed by atoms with Crippen LogP contribution in [0.3, 0.4) is 0 Å². The van der Waals surface area contributed by atoms with Gasteiger partial charge in [0.1, 0.15) is 5.82 Å². The lowest BCUT2D eigenvalue weighted by Gasteiger charge is -2.29. The van der Waals surface area contributed by atoms with Gasteiger partial charge in [-0.2, -0.15) is 0 Å². The Hall–Kier alpha value is -1.47. The lowest BCUT2D eigenvalue weighted by atomic mass is 9.99. The number of carbonyl (C=O) groups excluding carboxylic acids is 1. The van der Waals surface area contributed by atoms with Crippen molar-refractivity contribution in [2.45, 2.75) is 19.8 Å². The van der Waals surface area contributed by atoms with E-state index in [9.17, 15) is 13.2 Å². The van der Waals surface area contributed by atoms with Gasteiger partial charge in [0.2, 0.25) is 15.9 Å². The van der Waals surface area contributed by atoms with Crippen molar-refractivity contribution in [2.24, 2.45) is 5.92 Å². The maximum absolute atomic E-state index is 12.2. The van der Waals surface area contributed by atoms with E-state index in [0.717, 1.165) is 5.69 Å². The van der Waals surface area contributed by atoms with Crippen molar-refractivity contribution in [3.63, 3.8) is 0 Å². The molecule has 1 aliphatic rings. The van der Waals surface area contributed by atoms with Gasteiger partial charge in [-0.15, -0.1) is 0 Å². The first-order chi connectivity index (χ1) is 9.36. The number of rotatable bonds is 3. The van der Waals surface area contributed by atoms with Crippen LogP contribution in [-0.4, -0.2) is 43.0 Å². The molecule has 1 aromatic heterocycles. The van der Waals surface area contributed by atoms with E-state index in [0.29, 0.717) is 25.2 Å². The fourth-order valence-electron chi connectivity index (χ4n) is 2.30. The highest BCUT2D eigenvalue weighted by Gasteiger charge is 2.30. The third-order valence-electron chi connectivity index (χ3n) is 3.36. The van der Waals surface area contributed by atoms with Gasteiger partial charge < -0.3 is 5.32 Å². The summed E-state index contributed by atoms with van der Waals surface area (Å²) in [6.07, 6.45) is 2.57. The molecule has 1 aliphatic heterocycles. The predicted octanol–water partition coefficient (Wildman–Crippen LogP) is 1.00. The summed E-state index contributed by atoms with van der Waals surface area (Å²) in [5, 5.41) is 2.75. The molecule has 0 aliphatic carbocycles. The molecule has 110 valence electrons. The number of hydrogen-bond acceptors (Lipinski definition) is 4. The molecule has 7 heteroatoms. The summed E-state index contributed by atoms with van der Waals surface area (Å²) in [5.41, 5.74) is 0.823. The minimum absolute atomic E-state index is 0.170. The van der Waals surface area contributed by atoms with Crippen LogP contribution < -0.4 is 5.32 Å². The van der Waals surface area contributed by atoms with E-state index in [-0.39, 0.29) is 18.4 Å². The third kappa shape index (κ3) is 3.77. The van der Waals surface area contributed by atoms with Crippen molar-refractivity contribution in [3.05, 3.63) is 23.9 Å². The summed E-state index contributed by atoms with van der Waals surface area (Å²) >= 11 is 0. The van der Waals surface area contributed by atoms with E-state index >= 15 is 0 Å². The highest BCUT2D eigenvalue weighted by molar-refractivity contribution is 7.88. The van der Waals surface area contributed by atoms with Crippen LogP contribution >= 0.6 is 0 Å². The predicted molar refractivity (Wildman–Crippen MR) is 76.7 cm³/mol. The maximum Gasteiger partial charge on any atom is 0.229 e. The number of carbonyl (C=O) groups is 1. The first-order valence-corrected chi connectivity index (χ1v) is 8.41. The van der Waals surface area contributed by atoms with Crippen molar-refractivity contribution in [1.29, 1.82) is 0 Å². The SMILES string of the molecule is Cc1cccc(NC(=O)[C@@H]2CCCN(S(C)(=O)=O)C2)n1. The molecule has 0 spiro atoms. The molecule has 0 radical (unpaired) electrons. The zero-order valence-corrected chi connectivity index (χ0v) is 12.5. The number of nitrogens with one attached hydrogen (secondary N) is 1. The average molecular weight is 297 g/mol. The second-order valence-corrected chi connectivity index (χ2v) is 7.10. The zero-order valence-electron chi connectivity index (χ0n) is 11.7. The lowest BCUT2D eigenvalue weighted by molar-refractivity contribution is -0.120. The summed E-state index contributed by atoms with van der Waals surface area (Å²) in [4.78, 5) is 16.4. The topological polar surface area (TPSA) is 79.4 Å². The van der Waals surface area contributed by atoms with Gasteiger partial charge in [0.15, 0.2) is 0 Å². The van der Waals surface area contributed by atoms with E-state index < -0.39 is 10.0 Å². The van der Waals surface area contributed by atoms with Crippen LogP contribution in [0.15, 0.2) is 18.2 Å². The fourth-order valence-corrected chi connectivity index (χ4v) is 3.21. The van der Waals surface area contributed by atoms with Gasteiger partial charge in [0.05, 0.1) is 12.2 Å². The van der Waals surface area contributed by atoms with Gasteiger partial charge in [-0.1, -0.05) is 6.07 Å². The van der Waals surface area contributed by atoms with Crippen molar-refractivity contribution >= 4 is 21.7 Å². The smallest absolute Gasteiger partial charge is 0.229 e. The summed E-state index contributed by atoms with van der Waals surface area (Å²) < 4.78 is 24.4. The molecule has 20 heavy (non-hydrogen) atoms. The first kappa shape index (κ1) is 14.9. The summed E-state index contributed by atoms with van der Waals surface area (Å²) in [6, 6.07) is 5.39. The van der Waals surface area contributed by atoms with Crippen LogP contribution in [0.4, 0.5) is 5.82 Å². The molecule has 1 saturated heterocycles. The number of aryl methyl sites for hydroxylation is 1. The Morgan fingerprint density at radius 3 is 2.85 bits per heavy atom. The Morgan fingerprint density at radius 2 is 2.20 bits per heavy atom. The van der Waals surface area contributed by atoms with E-state index in [1.807, 2.05) is 19.1 Å². The Balaban J connectivity index is 2.02. The second kappa shape index (κ2) is 5.88. The highest BCUT2D eigenvalue weighted by atomic mass is 32.2. The Bertz CT molecular complexity index is 601. The van der Waals surface area contributed by atoms with Gasteiger partial charge in [-0.05, 0) is 31.9 Å². The maximum atomic E-state index is 12.2. The Morgan fingerprint density at radius 1 is 1.45 bits per heavy atom. The number of aromatic nitrogens is 1. The van der Waals surface area contributed by atoms with Gasteiger partial charge in [0, 0.05) is 18.8 Å². The van der Waals surface area contributed by atoms with Crippen LogP contribution in [0.5, 0.6) is 0 Å². The number of sulfonamides is 1. The summed E-state index contributed by atoms with van der Waals surface area (Å²) in [5.74, 6) is 0.0173. The first-order valence-electron chi connectivity index (χ1n) is 6.56.